The predicted octanol–water partition coefficient (Wildman–Crippen LogP) is 5.61. The van der Waals surface area contributed by atoms with Crippen molar-refractivity contribution in [3.05, 3.63) is 71.8 Å². The first-order valence-corrected chi connectivity index (χ1v) is 10.9. The van der Waals surface area contributed by atoms with Gasteiger partial charge >= 0.3 is 6.09 Å². The predicted molar refractivity (Wildman–Crippen MR) is 121 cm³/mol. The van der Waals surface area contributed by atoms with Crippen molar-refractivity contribution in [2.75, 3.05) is 13.1 Å². The van der Waals surface area contributed by atoms with Crippen LogP contribution in [0.5, 0.6) is 5.75 Å². The summed E-state index contributed by atoms with van der Waals surface area (Å²) in [5.74, 6) is 0.830. The number of rotatable bonds is 4. The monoisotopic (exact) mass is 421 g/mol. The summed E-state index contributed by atoms with van der Waals surface area (Å²) in [6.45, 7) is 8.08. The quantitative estimate of drug-likeness (QED) is 0.697. The zero-order valence-corrected chi connectivity index (χ0v) is 18.5. The lowest BCUT2D eigenvalue weighted by Gasteiger charge is -2.39. The number of piperidine rings is 1. The van der Waals surface area contributed by atoms with Crippen LogP contribution in [0.2, 0.25) is 0 Å². The number of amides is 1. The van der Waals surface area contributed by atoms with Crippen LogP contribution in [0, 0.1) is 5.41 Å². The van der Waals surface area contributed by atoms with E-state index in [0.717, 1.165) is 16.9 Å². The zero-order valence-electron chi connectivity index (χ0n) is 18.5. The molecule has 0 bridgehead atoms. The Morgan fingerprint density at radius 1 is 1.13 bits per heavy atom. The molecule has 2 aliphatic heterocycles. The van der Waals surface area contributed by atoms with Gasteiger partial charge < -0.3 is 19.5 Å². The number of nitrogens with zero attached hydrogens (tertiary/aromatic N) is 1. The fourth-order valence-corrected chi connectivity index (χ4v) is 4.41. The van der Waals surface area contributed by atoms with Crippen molar-refractivity contribution in [1.29, 1.82) is 0 Å². The molecule has 1 atom stereocenters. The molecule has 1 unspecified atom stereocenters. The minimum atomic E-state index is -0.854. The first kappa shape index (κ1) is 21.4. The van der Waals surface area contributed by atoms with Crippen molar-refractivity contribution in [1.82, 2.24) is 4.90 Å². The van der Waals surface area contributed by atoms with Gasteiger partial charge in [-0.2, -0.15) is 0 Å². The van der Waals surface area contributed by atoms with Gasteiger partial charge in [0.1, 0.15) is 12.4 Å². The molecular formula is C26H31NO4. The average Bonchev–Trinajstić information content (AvgIpc) is 3.13. The van der Waals surface area contributed by atoms with Gasteiger partial charge in [-0.25, -0.2) is 4.79 Å². The Labute approximate surface area is 184 Å². The van der Waals surface area contributed by atoms with Gasteiger partial charge in [-0.15, -0.1) is 0 Å². The number of benzene rings is 2. The van der Waals surface area contributed by atoms with Gasteiger partial charge in [-0.05, 0) is 53.2 Å². The number of ether oxygens (including phenoxy) is 2. The number of likely N-dealkylation sites (tertiary alicyclic amines) is 1. The molecule has 2 aliphatic rings. The molecular weight excluding hydrogens is 390 g/mol. The summed E-state index contributed by atoms with van der Waals surface area (Å²) in [4.78, 5) is 12.8. The lowest BCUT2D eigenvalue weighted by Crippen LogP contribution is -2.47. The Bertz CT molecular complexity index is 953. The van der Waals surface area contributed by atoms with E-state index in [4.69, 9.17) is 9.47 Å². The zero-order chi connectivity index (χ0) is 22.1. The SMILES string of the molecule is CC(C)(C)C1OC2(C=C1c1cccc(OCc3ccccc3)c1)CCN(C(=O)O)CC2. The number of carbonyl (C=O) groups is 1. The van der Waals surface area contributed by atoms with Gasteiger partial charge in [0.05, 0.1) is 11.7 Å². The van der Waals surface area contributed by atoms with Gasteiger partial charge in [-0.3, -0.25) is 0 Å². The molecule has 0 aromatic heterocycles. The minimum Gasteiger partial charge on any atom is -0.489 e. The van der Waals surface area contributed by atoms with Crippen LogP contribution in [-0.2, 0) is 11.3 Å². The van der Waals surface area contributed by atoms with Gasteiger partial charge in [0, 0.05) is 13.1 Å². The molecule has 31 heavy (non-hydrogen) atoms. The van der Waals surface area contributed by atoms with Crippen molar-refractivity contribution in [3.63, 3.8) is 0 Å². The normalized spacial score (nSPS) is 20.5. The maximum Gasteiger partial charge on any atom is 0.407 e. The second-order valence-corrected chi connectivity index (χ2v) is 9.60. The fraction of sp³-hybridized carbons (Fsp3) is 0.423. The molecule has 1 N–H and O–H groups in total. The highest BCUT2D eigenvalue weighted by Crippen LogP contribution is 2.47. The highest BCUT2D eigenvalue weighted by atomic mass is 16.5. The first-order chi connectivity index (χ1) is 14.8. The largest absolute Gasteiger partial charge is 0.489 e. The minimum absolute atomic E-state index is 0.0618. The molecule has 1 fully saturated rings. The summed E-state index contributed by atoms with van der Waals surface area (Å²) in [5, 5.41) is 9.30. The van der Waals surface area contributed by atoms with E-state index < -0.39 is 11.7 Å². The van der Waals surface area contributed by atoms with Gasteiger partial charge in [0.15, 0.2) is 0 Å². The molecule has 2 aromatic carbocycles. The van der Waals surface area contributed by atoms with E-state index in [1.807, 2.05) is 30.3 Å². The van der Waals surface area contributed by atoms with E-state index in [2.05, 4.69) is 51.1 Å². The Morgan fingerprint density at radius 3 is 2.48 bits per heavy atom. The van der Waals surface area contributed by atoms with Gasteiger partial charge in [-0.1, -0.05) is 63.2 Å². The summed E-state index contributed by atoms with van der Waals surface area (Å²) in [5.41, 5.74) is 2.91. The molecule has 1 spiro atoms. The van der Waals surface area contributed by atoms with Gasteiger partial charge in [0.2, 0.25) is 0 Å². The number of hydrogen-bond donors (Lipinski definition) is 1. The fourth-order valence-electron chi connectivity index (χ4n) is 4.41. The van der Waals surface area contributed by atoms with Gasteiger partial charge in [0.25, 0.3) is 0 Å². The second kappa shape index (κ2) is 8.39. The van der Waals surface area contributed by atoms with E-state index in [9.17, 15) is 9.90 Å². The molecule has 0 aliphatic carbocycles. The number of carboxylic acid groups (broad SMARTS) is 1. The molecule has 1 saturated heterocycles. The highest BCUT2D eigenvalue weighted by Gasteiger charge is 2.46. The van der Waals surface area contributed by atoms with Crippen LogP contribution in [0.4, 0.5) is 4.79 Å². The lowest BCUT2D eigenvalue weighted by atomic mass is 9.82. The van der Waals surface area contributed by atoms with E-state index >= 15 is 0 Å². The Morgan fingerprint density at radius 2 is 1.84 bits per heavy atom. The standard InChI is InChI=1S/C26H31NO4/c1-25(2,3)23-22(17-26(31-23)12-14-27(15-13-26)24(28)29)20-10-7-11-21(16-20)30-18-19-8-5-4-6-9-19/h4-11,16-17,23H,12-15,18H2,1-3H3,(H,28,29). The van der Waals surface area contributed by atoms with Crippen molar-refractivity contribution >= 4 is 11.7 Å². The van der Waals surface area contributed by atoms with E-state index in [0.29, 0.717) is 32.5 Å². The summed E-state index contributed by atoms with van der Waals surface area (Å²) < 4.78 is 12.7. The second-order valence-electron chi connectivity index (χ2n) is 9.60. The Kier molecular flexibility index (Phi) is 5.80. The first-order valence-electron chi connectivity index (χ1n) is 10.9. The van der Waals surface area contributed by atoms with E-state index in [1.165, 1.54) is 10.5 Å². The molecule has 2 heterocycles. The van der Waals surface area contributed by atoms with Crippen LogP contribution < -0.4 is 4.74 Å². The van der Waals surface area contributed by atoms with E-state index in [-0.39, 0.29) is 11.5 Å². The third-order valence-corrected chi connectivity index (χ3v) is 6.14. The smallest absolute Gasteiger partial charge is 0.407 e. The van der Waals surface area contributed by atoms with E-state index in [1.54, 1.807) is 0 Å². The molecule has 0 radical (unpaired) electrons. The maximum absolute atomic E-state index is 11.3. The van der Waals surface area contributed by atoms with Crippen molar-refractivity contribution in [2.45, 2.75) is 51.9 Å². The lowest BCUT2D eigenvalue weighted by molar-refractivity contribution is -0.0868. The van der Waals surface area contributed by atoms with Crippen LogP contribution >= 0.6 is 0 Å². The third-order valence-electron chi connectivity index (χ3n) is 6.14. The molecule has 4 rings (SSSR count). The molecule has 0 saturated carbocycles. The Hall–Kier alpha value is -2.79. The average molecular weight is 422 g/mol. The van der Waals surface area contributed by atoms with Crippen LogP contribution in [0.15, 0.2) is 60.7 Å². The van der Waals surface area contributed by atoms with Crippen molar-refractivity contribution in [2.24, 2.45) is 5.41 Å². The number of hydrogen-bond acceptors (Lipinski definition) is 3. The summed E-state index contributed by atoms with van der Waals surface area (Å²) >= 11 is 0. The molecule has 5 heteroatoms. The summed E-state index contributed by atoms with van der Waals surface area (Å²) in [6.07, 6.45) is 2.69. The summed E-state index contributed by atoms with van der Waals surface area (Å²) in [7, 11) is 0. The van der Waals surface area contributed by atoms with Crippen LogP contribution in [0.3, 0.4) is 0 Å². The molecule has 164 valence electrons. The molecule has 5 nitrogen and oxygen atoms in total. The maximum atomic E-state index is 11.3. The van der Waals surface area contributed by atoms with Crippen molar-refractivity contribution < 1.29 is 19.4 Å². The van der Waals surface area contributed by atoms with Crippen LogP contribution in [-0.4, -0.2) is 40.9 Å². The molecule has 2 aromatic rings. The van der Waals surface area contributed by atoms with Crippen molar-refractivity contribution in [3.8, 4) is 5.75 Å². The Balaban J connectivity index is 1.57. The summed E-state index contributed by atoms with van der Waals surface area (Å²) in [6, 6.07) is 18.3. The van der Waals surface area contributed by atoms with Crippen LogP contribution in [0.1, 0.15) is 44.7 Å². The topological polar surface area (TPSA) is 59.0 Å². The molecule has 1 amide bonds. The highest BCUT2D eigenvalue weighted by molar-refractivity contribution is 5.74. The van der Waals surface area contributed by atoms with Crippen LogP contribution in [0.25, 0.3) is 5.57 Å². The third kappa shape index (κ3) is 4.77.